The van der Waals surface area contributed by atoms with E-state index in [1.54, 1.807) is 11.8 Å². The summed E-state index contributed by atoms with van der Waals surface area (Å²) >= 11 is 5.07. The number of thioether (sulfide) groups is 1. The molecule has 1 N–H and O–H groups in total. The van der Waals surface area contributed by atoms with Crippen LogP contribution in [0.2, 0.25) is 0 Å². The van der Waals surface area contributed by atoms with Crippen LogP contribution in [-0.2, 0) is 0 Å². The van der Waals surface area contributed by atoms with Crippen LogP contribution in [0.5, 0.6) is 0 Å². The van der Waals surface area contributed by atoms with Crippen molar-refractivity contribution >= 4 is 27.7 Å². The highest BCUT2D eigenvalue weighted by Crippen LogP contribution is 2.21. The van der Waals surface area contributed by atoms with E-state index in [-0.39, 0.29) is 11.9 Å². The first-order chi connectivity index (χ1) is 9.66. The Balaban J connectivity index is 1.79. The largest absolute Gasteiger partial charge is 0.309 e. The van der Waals surface area contributed by atoms with Gasteiger partial charge in [-0.25, -0.2) is 4.39 Å². The molecule has 106 valence electrons. The van der Waals surface area contributed by atoms with Gasteiger partial charge in [-0.2, -0.15) is 0 Å². The number of benzene rings is 2. The standard InChI is InChI=1S/C16H17BrFNS/c1-12(15-8-7-13(17)11-16(15)18)19-9-10-20-14-5-3-2-4-6-14/h2-8,11-12,19H,9-10H2,1H3. The normalized spacial score (nSPS) is 12.3. The molecule has 2 rings (SSSR count). The minimum atomic E-state index is -0.171. The highest BCUT2D eigenvalue weighted by Gasteiger charge is 2.10. The lowest BCUT2D eigenvalue weighted by atomic mass is 10.1. The molecule has 0 aromatic heterocycles. The van der Waals surface area contributed by atoms with Crippen molar-refractivity contribution in [3.8, 4) is 0 Å². The highest BCUT2D eigenvalue weighted by atomic mass is 79.9. The van der Waals surface area contributed by atoms with Crippen molar-refractivity contribution in [1.82, 2.24) is 5.32 Å². The summed E-state index contributed by atoms with van der Waals surface area (Å²) in [7, 11) is 0. The van der Waals surface area contributed by atoms with Crippen LogP contribution in [-0.4, -0.2) is 12.3 Å². The quantitative estimate of drug-likeness (QED) is 0.577. The zero-order chi connectivity index (χ0) is 14.4. The first-order valence-corrected chi connectivity index (χ1v) is 8.31. The predicted octanol–water partition coefficient (Wildman–Crippen LogP) is 5.03. The van der Waals surface area contributed by atoms with Crippen LogP contribution in [0.4, 0.5) is 4.39 Å². The number of nitrogens with one attached hydrogen (secondary N) is 1. The van der Waals surface area contributed by atoms with Crippen molar-refractivity contribution in [3.05, 3.63) is 64.4 Å². The summed E-state index contributed by atoms with van der Waals surface area (Å²) in [4.78, 5) is 1.26. The second kappa shape index (κ2) is 7.81. The summed E-state index contributed by atoms with van der Waals surface area (Å²) in [5, 5.41) is 3.35. The summed E-state index contributed by atoms with van der Waals surface area (Å²) in [5.41, 5.74) is 0.706. The molecule has 1 atom stereocenters. The van der Waals surface area contributed by atoms with Gasteiger partial charge in [0.05, 0.1) is 0 Å². The van der Waals surface area contributed by atoms with Crippen LogP contribution in [0.15, 0.2) is 57.9 Å². The fraction of sp³-hybridized carbons (Fsp3) is 0.250. The maximum absolute atomic E-state index is 13.8. The van der Waals surface area contributed by atoms with E-state index in [2.05, 4.69) is 33.4 Å². The lowest BCUT2D eigenvalue weighted by Crippen LogP contribution is -2.22. The number of hydrogen-bond donors (Lipinski definition) is 1. The van der Waals surface area contributed by atoms with Crippen molar-refractivity contribution in [2.45, 2.75) is 17.9 Å². The smallest absolute Gasteiger partial charge is 0.129 e. The van der Waals surface area contributed by atoms with E-state index in [0.717, 1.165) is 16.8 Å². The molecule has 0 aliphatic carbocycles. The van der Waals surface area contributed by atoms with Crippen molar-refractivity contribution in [2.24, 2.45) is 0 Å². The average Bonchev–Trinajstić information content (AvgIpc) is 2.44. The summed E-state index contributed by atoms with van der Waals surface area (Å²) in [6.07, 6.45) is 0. The van der Waals surface area contributed by atoms with Crippen LogP contribution in [0.1, 0.15) is 18.5 Å². The van der Waals surface area contributed by atoms with Crippen LogP contribution < -0.4 is 5.32 Å². The van der Waals surface area contributed by atoms with Gasteiger partial charge in [0, 0.05) is 33.3 Å². The third kappa shape index (κ3) is 4.62. The minimum absolute atomic E-state index is 0.0134. The molecule has 4 heteroatoms. The van der Waals surface area contributed by atoms with Crippen LogP contribution in [0.3, 0.4) is 0 Å². The van der Waals surface area contributed by atoms with Crippen LogP contribution >= 0.6 is 27.7 Å². The Morgan fingerprint density at radius 3 is 2.65 bits per heavy atom. The molecule has 0 bridgehead atoms. The minimum Gasteiger partial charge on any atom is -0.309 e. The number of hydrogen-bond acceptors (Lipinski definition) is 2. The maximum atomic E-state index is 13.8. The van der Waals surface area contributed by atoms with Gasteiger partial charge in [0.25, 0.3) is 0 Å². The highest BCUT2D eigenvalue weighted by molar-refractivity contribution is 9.10. The molecule has 0 spiro atoms. The summed E-state index contributed by atoms with van der Waals surface area (Å²) < 4.78 is 14.6. The first-order valence-electron chi connectivity index (χ1n) is 6.53. The second-order valence-corrected chi connectivity index (χ2v) is 6.59. The Morgan fingerprint density at radius 1 is 1.20 bits per heavy atom. The van der Waals surface area contributed by atoms with Crippen molar-refractivity contribution in [1.29, 1.82) is 0 Å². The van der Waals surface area contributed by atoms with Gasteiger partial charge in [0.1, 0.15) is 5.82 Å². The summed E-state index contributed by atoms with van der Waals surface area (Å²) in [5.74, 6) is 0.794. The van der Waals surface area contributed by atoms with E-state index < -0.39 is 0 Å². The summed E-state index contributed by atoms with van der Waals surface area (Å²) in [6, 6.07) is 15.5. The van der Waals surface area contributed by atoms with Gasteiger partial charge in [-0.15, -0.1) is 11.8 Å². The SMILES string of the molecule is CC(NCCSc1ccccc1)c1ccc(Br)cc1F. The van der Waals surface area contributed by atoms with E-state index in [9.17, 15) is 4.39 Å². The molecule has 0 radical (unpaired) electrons. The second-order valence-electron chi connectivity index (χ2n) is 4.50. The first kappa shape index (κ1) is 15.5. The molecule has 0 aliphatic heterocycles. The van der Waals surface area contributed by atoms with E-state index >= 15 is 0 Å². The van der Waals surface area contributed by atoms with Gasteiger partial charge in [-0.1, -0.05) is 40.2 Å². The summed E-state index contributed by atoms with van der Waals surface area (Å²) in [6.45, 7) is 2.83. The monoisotopic (exact) mass is 353 g/mol. The van der Waals surface area contributed by atoms with E-state index in [0.29, 0.717) is 5.56 Å². The predicted molar refractivity (Wildman–Crippen MR) is 87.7 cm³/mol. The molecule has 1 nitrogen and oxygen atoms in total. The average molecular weight is 354 g/mol. The Morgan fingerprint density at radius 2 is 1.95 bits per heavy atom. The zero-order valence-corrected chi connectivity index (χ0v) is 13.7. The molecule has 0 saturated heterocycles. The number of halogens is 2. The molecule has 0 amide bonds. The lowest BCUT2D eigenvalue weighted by molar-refractivity contribution is 0.542. The van der Waals surface area contributed by atoms with Crippen molar-refractivity contribution < 1.29 is 4.39 Å². The molecule has 1 unspecified atom stereocenters. The third-order valence-corrected chi connectivity index (χ3v) is 4.50. The zero-order valence-electron chi connectivity index (χ0n) is 11.3. The van der Waals surface area contributed by atoms with Gasteiger partial charge < -0.3 is 5.32 Å². The Labute approximate surface area is 132 Å². The molecular weight excluding hydrogens is 337 g/mol. The molecular formula is C16H17BrFNS. The fourth-order valence-electron chi connectivity index (χ4n) is 1.92. The van der Waals surface area contributed by atoms with Gasteiger partial charge in [-0.05, 0) is 31.2 Å². The molecule has 20 heavy (non-hydrogen) atoms. The molecule has 0 fully saturated rings. The van der Waals surface area contributed by atoms with E-state index in [4.69, 9.17) is 0 Å². The Bertz CT molecular complexity index is 547. The topological polar surface area (TPSA) is 12.0 Å². The molecule has 2 aromatic rings. The van der Waals surface area contributed by atoms with Crippen molar-refractivity contribution in [2.75, 3.05) is 12.3 Å². The lowest BCUT2D eigenvalue weighted by Gasteiger charge is -2.15. The van der Waals surface area contributed by atoms with Gasteiger partial charge >= 0.3 is 0 Å². The molecule has 0 heterocycles. The van der Waals surface area contributed by atoms with Crippen LogP contribution in [0, 0.1) is 5.82 Å². The Hall–Kier alpha value is -0.840. The maximum Gasteiger partial charge on any atom is 0.129 e. The van der Waals surface area contributed by atoms with Crippen LogP contribution in [0.25, 0.3) is 0 Å². The van der Waals surface area contributed by atoms with Crippen molar-refractivity contribution in [3.63, 3.8) is 0 Å². The molecule has 0 aliphatic rings. The molecule has 2 aromatic carbocycles. The van der Waals surface area contributed by atoms with E-state index in [1.807, 2.05) is 37.3 Å². The Kier molecular flexibility index (Phi) is 6.07. The van der Waals surface area contributed by atoms with Gasteiger partial charge in [-0.3, -0.25) is 0 Å². The molecule has 0 saturated carbocycles. The van der Waals surface area contributed by atoms with E-state index in [1.165, 1.54) is 11.0 Å². The van der Waals surface area contributed by atoms with Gasteiger partial charge in [0.2, 0.25) is 0 Å². The van der Waals surface area contributed by atoms with Gasteiger partial charge in [0.15, 0.2) is 0 Å². The third-order valence-electron chi connectivity index (χ3n) is 2.99. The fourth-order valence-corrected chi connectivity index (χ4v) is 3.06. The number of rotatable bonds is 6.